The molecule has 1 N–H and O–H groups in total. The van der Waals surface area contributed by atoms with Crippen LogP contribution in [0.1, 0.15) is 11.1 Å². The molecule has 0 heterocycles. The van der Waals surface area contributed by atoms with Crippen LogP contribution in [0.3, 0.4) is 0 Å². The number of hydrogen-bond donors (Lipinski definition) is 1. The van der Waals surface area contributed by atoms with E-state index in [-0.39, 0.29) is 13.1 Å². The Labute approximate surface area is 225 Å². The summed E-state index contributed by atoms with van der Waals surface area (Å²) in [7, 11) is 2.24. The third-order valence-electron chi connectivity index (χ3n) is 6.87. The van der Waals surface area contributed by atoms with Crippen molar-refractivity contribution in [3.05, 3.63) is 96.1 Å². The van der Waals surface area contributed by atoms with E-state index in [1.54, 1.807) is 12.1 Å². The number of esters is 2. The van der Waals surface area contributed by atoms with Gasteiger partial charge in [0, 0.05) is 13.1 Å². The van der Waals surface area contributed by atoms with Gasteiger partial charge in [0.15, 0.2) is 0 Å². The van der Waals surface area contributed by atoms with Crippen LogP contribution in [0.2, 0.25) is 0 Å². The molecule has 0 aromatic heterocycles. The number of carboxylic acid groups (broad SMARTS) is 1. The quantitative estimate of drug-likeness (QED) is 0.391. The largest absolute Gasteiger partial charge is 0.481 e. The standard InChI is InChI=1S/C30H29NO8/c1-37-29(35)25-23(24(28(33)34)26(25)30(36)38-2)27(32)31(17-19-9-5-3-6-10-19)18-20-13-15-22(16-14-20)39-21-11-7-4-8-12-21/h3-16,23-26H,17-18H2,1-2H3,(H,33,34)/t23-,24+,25+,26-/m0/s1. The lowest BCUT2D eigenvalue weighted by Crippen LogP contribution is -2.62. The highest BCUT2D eigenvalue weighted by Gasteiger charge is 2.65. The second-order valence-corrected chi connectivity index (χ2v) is 9.23. The van der Waals surface area contributed by atoms with Crippen LogP contribution in [0.5, 0.6) is 11.5 Å². The summed E-state index contributed by atoms with van der Waals surface area (Å²) >= 11 is 0. The average Bonchev–Trinajstić information content (AvgIpc) is 2.93. The van der Waals surface area contributed by atoms with Crippen LogP contribution in [-0.4, -0.2) is 48.0 Å². The van der Waals surface area contributed by atoms with Crippen molar-refractivity contribution in [3.8, 4) is 11.5 Å². The summed E-state index contributed by atoms with van der Waals surface area (Å²) in [6.07, 6.45) is 0. The van der Waals surface area contributed by atoms with Crippen molar-refractivity contribution in [3.63, 3.8) is 0 Å². The summed E-state index contributed by atoms with van der Waals surface area (Å²) < 4.78 is 15.4. The van der Waals surface area contributed by atoms with Gasteiger partial charge >= 0.3 is 17.9 Å². The molecule has 1 saturated carbocycles. The molecule has 1 aliphatic rings. The molecule has 3 aromatic carbocycles. The molecule has 4 rings (SSSR count). The first-order chi connectivity index (χ1) is 18.8. The topological polar surface area (TPSA) is 119 Å². The van der Waals surface area contributed by atoms with E-state index in [0.717, 1.165) is 25.3 Å². The van der Waals surface area contributed by atoms with Gasteiger partial charge < -0.3 is 24.2 Å². The zero-order valence-electron chi connectivity index (χ0n) is 21.6. The molecule has 0 radical (unpaired) electrons. The molecular formula is C30H29NO8. The average molecular weight is 532 g/mol. The predicted octanol–water partition coefficient (Wildman–Crippen LogP) is 3.92. The Bertz CT molecular complexity index is 1310. The van der Waals surface area contributed by atoms with Gasteiger partial charge in [-0.15, -0.1) is 0 Å². The van der Waals surface area contributed by atoms with Crippen LogP contribution < -0.4 is 4.74 Å². The first-order valence-corrected chi connectivity index (χ1v) is 12.4. The van der Waals surface area contributed by atoms with Crippen molar-refractivity contribution < 1.29 is 38.5 Å². The van der Waals surface area contributed by atoms with Crippen molar-refractivity contribution in [1.82, 2.24) is 4.90 Å². The molecule has 0 unspecified atom stereocenters. The summed E-state index contributed by atoms with van der Waals surface area (Å²) in [5.41, 5.74) is 1.59. The van der Waals surface area contributed by atoms with E-state index in [9.17, 15) is 24.3 Å². The zero-order chi connectivity index (χ0) is 27.9. The third kappa shape index (κ3) is 6.09. The summed E-state index contributed by atoms with van der Waals surface area (Å²) in [6.45, 7) is 0.306. The Morgan fingerprint density at radius 1 is 0.641 bits per heavy atom. The molecule has 1 amide bonds. The molecule has 9 nitrogen and oxygen atoms in total. The van der Waals surface area contributed by atoms with Gasteiger partial charge in [-0.25, -0.2) is 0 Å². The summed E-state index contributed by atoms with van der Waals surface area (Å²) in [4.78, 5) is 52.6. The van der Waals surface area contributed by atoms with Gasteiger partial charge in [-0.2, -0.15) is 0 Å². The van der Waals surface area contributed by atoms with E-state index in [0.29, 0.717) is 11.5 Å². The molecule has 4 atom stereocenters. The number of methoxy groups -OCH3 is 2. The number of carboxylic acids is 1. The van der Waals surface area contributed by atoms with Crippen molar-refractivity contribution in [1.29, 1.82) is 0 Å². The first-order valence-electron chi connectivity index (χ1n) is 12.4. The lowest BCUT2D eigenvalue weighted by atomic mass is 9.55. The predicted molar refractivity (Wildman–Crippen MR) is 139 cm³/mol. The molecule has 1 aliphatic carbocycles. The van der Waals surface area contributed by atoms with Crippen molar-refractivity contribution >= 4 is 23.8 Å². The van der Waals surface area contributed by atoms with E-state index >= 15 is 0 Å². The number of para-hydroxylation sites is 1. The highest BCUT2D eigenvalue weighted by atomic mass is 16.5. The van der Waals surface area contributed by atoms with Crippen LogP contribution >= 0.6 is 0 Å². The number of hydrogen-bond acceptors (Lipinski definition) is 7. The maximum absolute atomic E-state index is 13.9. The number of carbonyl (C=O) groups excluding carboxylic acids is 3. The van der Waals surface area contributed by atoms with Crippen LogP contribution in [0.25, 0.3) is 0 Å². The maximum atomic E-state index is 13.9. The fourth-order valence-electron chi connectivity index (χ4n) is 4.96. The minimum atomic E-state index is -1.42. The minimum absolute atomic E-state index is 0.138. The van der Waals surface area contributed by atoms with Gasteiger partial charge in [0.2, 0.25) is 5.91 Å². The Hall–Kier alpha value is -4.66. The fourth-order valence-corrected chi connectivity index (χ4v) is 4.96. The van der Waals surface area contributed by atoms with E-state index in [1.165, 1.54) is 4.90 Å². The summed E-state index contributed by atoms with van der Waals surface area (Å²) in [5, 5.41) is 9.91. The molecule has 1 fully saturated rings. The number of amides is 1. The zero-order valence-corrected chi connectivity index (χ0v) is 21.6. The molecule has 0 aliphatic heterocycles. The van der Waals surface area contributed by atoms with E-state index in [1.807, 2.05) is 72.8 Å². The van der Waals surface area contributed by atoms with Crippen molar-refractivity contribution in [2.75, 3.05) is 14.2 Å². The molecule has 0 saturated heterocycles. The van der Waals surface area contributed by atoms with Crippen molar-refractivity contribution in [2.24, 2.45) is 23.7 Å². The second-order valence-electron chi connectivity index (χ2n) is 9.23. The van der Waals surface area contributed by atoms with Gasteiger partial charge in [-0.1, -0.05) is 60.7 Å². The van der Waals surface area contributed by atoms with E-state index in [4.69, 9.17) is 14.2 Å². The number of carbonyl (C=O) groups is 4. The number of rotatable bonds is 10. The monoisotopic (exact) mass is 531 g/mol. The number of benzene rings is 3. The van der Waals surface area contributed by atoms with Gasteiger partial charge in [-0.3, -0.25) is 19.2 Å². The van der Waals surface area contributed by atoms with Crippen LogP contribution in [0, 0.1) is 23.7 Å². The lowest BCUT2D eigenvalue weighted by molar-refractivity contribution is -0.192. The van der Waals surface area contributed by atoms with Crippen LogP contribution in [-0.2, 0) is 41.7 Å². The maximum Gasteiger partial charge on any atom is 0.310 e. The Balaban J connectivity index is 1.61. The SMILES string of the molecule is COC(=O)[C@H]1[C@H](C(=O)O)[C@H](C(=O)N(Cc2ccccc2)Cc2ccc(Oc3ccccc3)cc2)[C@H]1C(=O)OC. The highest BCUT2D eigenvalue weighted by molar-refractivity contribution is 5.98. The number of nitrogens with zero attached hydrogens (tertiary/aromatic N) is 1. The Morgan fingerprint density at radius 3 is 1.62 bits per heavy atom. The second kappa shape index (κ2) is 12.3. The van der Waals surface area contributed by atoms with Crippen LogP contribution in [0.4, 0.5) is 0 Å². The van der Waals surface area contributed by atoms with Gasteiger partial charge in [0.1, 0.15) is 11.5 Å². The van der Waals surface area contributed by atoms with Gasteiger partial charge in [0.05, 0.1) is 37.9 Å². The third-order valence-corrected chi connectivity index (χ3v) is 6.87. The van der Waals surface area contributed by atoms with Crippen molar-refractivity contribution in [2.45, 2.75) is 13.1 Å². The molecule has 202 valence electrons. The van der Waals surface area contributed by atoms with E-state index in [2.05, 4.69) is 0 Å². The van der Waals surface area contributed by atoms with Gasteiger partial charge in [0.25, 0.3) is 0 Å². The lowest BCUT2D eigenvalue weighted by Gasteiger charge is -2.46. The molecule has 0 bridgehead atoms. The Kier molecular flexibility index (Phi) is 8.60. The van der Waals surface area contributed by atoms with Gasteiger partial charge in [-0.05, 0) is 35.4 Å². The molecule has 0 spiro atoms. The minimum Gasteiger partial charge on any atom is -0.481 e. The van der Waals surface area contributed by atoms with Crippen LogP contribution in [0.15, 0.2) is 84.9 Å². The molecular weight excluding hydrogens is 502 g/mol. The normalized spacial score (nSPS) is 19.7. The number of ether oxygens (including phenoxy) is 3. The Morgan fingerprint density at radius 2 is 1.10 bits per heavy atom. The molecule has 3 aromatic rings. The molecule has 9 heteroatoms. The highest BCUT2D eigenvalue weighted by Crippen LogP contribution is 2.49. The smallest absolute Gasteiger partial charge is 0.310 e. The fraction of sp³-hybridized carbons (Fsp3) is 0.267. The summed E-state index contributed by atoms with van der Waals surface area (Å²) in [6, 6.07) is 25.7. The first kappa shape index (κ1) is 27.4. The number of aliphatic carboxylic acids is 1. The molecule has 39 heavy (non-hydrogen) atoms. The van der Waals surface area contributed by atoms with E-state index < -0.39 is 47.5 Å². The summed E-state index contributed by atoms with van der Waals surface area (Å²) in [5.74, 6) is -7.62.